The van der Waals surface area contributed by atoms with Gasteiger partial charge in [0.2, 0.25) is 0 Å². The molecule has 1 aliphatic rings. The second-order valence-corrected chi connectivity index (χ2v) is 2.08. The molecule has 1 rings (SSSR count). The smallest absolute Gasteiger partial charge is 0.267 e. The van der Waals surface area contributed by atoms with E-state index in [0.29, 0.717) is 6.29 Å². The van der Waals surface area contributed by atoms with Crippen molar-refractivity contribution >= 4 is 6.29 Å². The fourth-order valence-corrected chi connectivity index (χ4v) is 0.809. The summed E-state index contributed by atoms with van der Waals surface area (Å²) in [5, 5.41) is 17.0. The predicted molar refractivity (Wildman–Crippen MR) is 33.7 cm³/mol. The summed E-state index contributed by atoms with van der Waals surface area (Å²) in [7, 11) is 0. The van der Waals surface area contributed by atoms with E-state index in [9.17, 15) is 4.79 Å². The number of aldehydes is 1. The first kappa shape index (κ1) is 7.30. The summed E-state index contributed by atoms with van der Waals surface area (Å²) in [5.41, 5.74) is -1.60. The van der Waals surface area contributed by atoms with E-state index in [4.69, 9.17) is 15.3 Å². The summed E-state index contributed by atoms with van der Waals surface area (Å²) in [6.07, 6.45) is 2.93. The maximum atomic E-state index is 10.4. The first-order chi connectivity index (χ1) is 5.29. The molecule has 0 saturated heterocycles. The Morgan fingerprint density at radius 3 is 2.73 bits per heavy atom. The number of carbonyl (C=O) groups is 1. The summed E-state index contributed by atoms with van der Waals surface area (Å²) >= 11 is 0. The van der Waals surface area contributed by atoms with Gasteiger partial charge in [0.05, 0.1) is 12.3 Å². The van der Waals surface area contributed by atoms with Crippen LogP contribution in [0.25, 0.3) is 0 Å². The van der Waals surface area contributed by atoms with E-state index in [1.54, 1.807) is 12.1 Å². The van der Waals surface area contributed by atoms with E-state index in [1.807, 2.05) is 0 Å². The van der Waals surface area contributed by atoms with Gasteiger partial charge in [0.25, 0.3) is 5.60 Å². The molecule has 54 valence electrons. The van der Waals surface area contributed by atoms with Gasteiger partial charge in [0, 0.05) is 0 Å². The van der Waals surface area contributed by atoms with Crippen molar-refractivity contribution < 1.29 is 9.53 Å². The van der Waals surface area contributed by atoms with Crippen LogP contribution in [-0.4, -0.2) is 11.9 Å². The average Bonchev–Trinajstić information content (AvgIpc) is 2.47. The van der Waals surface area contributed by atoms with Crippen LogP contribution >= 0.6 is 0 Å². The quantitative estimate of drug-likeness (QED) is 0.495. The number of hydrogen-bond acceptors (Lipinski definition) is 4. The lowest BCUT2D eigenvalue weighted by Gasteiger charge is -2.14. The molecule has 0 N–H and O–H groups in total. The third kappa shape index (κ3) is 0.852. The van der Waals surface area contributed by atoms with Crippen LogP contribution in [0.5, 0.6) is 0 Å². The number of ether oxygens (including phenoxy) is 1. The highest BCUT2D eigenvalue weighted by Gasteiger charge is 2.43. The third-order valence-electron chi connectivity index (χ3n) is 1.49. The SMILES string of the molecule is N#CC1C=COC1(C#N)C=O. The van der Waals surface area contributed by atoms with Crippen LogP contribution in [0.3, 0.4) is 0 Å². The van der Waals surface area contributed by atoms with Gasteiger partial charge in [0.15, 0.2) is 6.29 Å². The van der Waals surface area contributed by atoms with Crippen LogP contribution in [0.2, 0.25) is 0 Å². The zero-order valence-corrected chi connectivity index (χ0v) is 5.52. The van der Waals surface area contributed by atoms with Crippen LogP contribution in [0, 0.1) is 28.6 Å². The summed E-state index contributed by atoms with van der Waals surface area (Å²) in [4.78, 5) is 10.4. The van der Waals surface area contributed by atoms with Gasteiger partial charge in [-0.2, -0.15) is 10.5 Å². The molecule has 0 aromatic rings. The first-order valence-corrected chi connectivity index (χ1v) is 2.91. The fraction of sp³-hybridized carbons (Fsp3) is 0.286. The van der Waals surface area contributed by atoms with Crippen molar-refractivity contribution in [1.82, 2.24) is 0 Å². The minimum atomic E-state index is -1.60. The molecule has 0 spiro atoms. The highest BCUT2D eigenvalue weighted by Crippen LogP contribution is 2.26. The molecule has 0 radical (unpaired) electrons. The Morgan fingerprint density at radius 1 is 1.64 bits per heavy atom. The van der Waals surface area contributed by atoms with Crippen molar-refractivity contribution in [1.29, 1.82) is 10.5 Å². The maximum Gasteiger partial charge on any atom is 0.267 e. The standard InChI is InChI=1S/C7H4N2O2/c8-3-6-1-2-11-7(6,4-9)5-10/h1-2,5-6H. The van der Waals surface area contributed by atoms with Crippen LogP contribution in [0.1, 0.15) is 0 Å². The minimum absolute atomic E-state index is 0.348. The van der Waals surface area contributed by atoms with Crippen LogP contribution in [0.15, 0.2) is 12.3 Å². The molecule has 0 aromatic heterocycles. The monoisotopic (exact) mass is 148 g/mol. The second-order valence-electron chi connectivity index (χ2n) is 2.08. The van der Waals surface area contributed by atoms with Gasteiger partial charge in [-0.05, 0) is 6.08 Å². The average molecular weight is 148 g/mol. The van der Waals surface area contributed by atoms with E-state index in [0.717, 1.165) is 0 Å². The Labute approximate surface area is 63.3 Å². The Balaban J connectivity index is 2.99. The molecule has 1 heterocycles. The third-order valence-corrected chi connectivity index (χ3v) is 1.49. The molecule has 0 fully saturated rings. The number of rotatable bonds is 1. The number of carbonyl (C=O) groups excluding carboxylic acids is 1. The van der Waals surface area contributed by atoms with Gasteiger partial charge >= 0.3 is 0 Å². The van der Waals surface area contributed by atoms with E-state index in [2.05, 4.69) is 0 Å². The molecular formula is C7H4N2O2. The maximum absolute atomic E-state index is 10.4. The largest absolute Gasteiger partial charge is 0.471 e. The molecule has 4 heteroatoms. The summed E-state index contributed by atoms with van der Waals surface area (Å²) in [6, 6.07) is 3.44. The molecular weight excluding hydrogens is 144 g/mol. The molecule has 11 heavy (non-hydrogen) atoms. The zero-order chi connectivity index (χ0) is 8.32. The summed E-state index contributed by atoms with van der Waals surface area (Å²) in [6.45, 7) is 0. The Hall–Kier alpha value is -1.81. The van der Waals surface area contributed by atoms with Crippen molar-refractivity contribution in [3.63, 3.8) is 0 Å². The topological polar surface area (TPSA) is 73.9 Å². The van der Waals surface area contributed by atoms with Gasteiger partial charge in [-0.15, -0.1) is 0 Å². The lowest BCUT2D eigenvalue weighted by molar-refractivity contribution is -0.120. The molecule has 0 amide bonds. The van der Waals surface area contributed by atoms with E-state index in [-0.39, 0.29) is 0 Å². The lowest BCUT2D eigenvalue weighted by Crippen LogP contribution is -2.34. The number of nitriles is 2. The Bertz CT molecular complexity index is 284. The molecule has 0 aliphatic carbocycles. The van der Waals surface area contributed by atoms with Gasteiger partial charge in [0.1, 0.15) is 12.0 Å². The summed E-state index contributed by atoms with van der Waals surface area (Å²) in [5.74, 6) is -0.787. The van der Waals surface area contributed by atoms with Crippen molar-refractivity contribution in [3.8, 4) is 12.1 Å². The molecule has 4 nitrogen and oxygen atoms in total. The van der Waals surface area contributed by atoms with Gasteiger partial charge in [-0.3, -0.25) is 4.79 Å². The van der Waals surface area contributed by atoms with Crippen molar-refractivity contribution in [2.75, 3.05) is 0 Å². The number of hydrogen-bond donors (Lipinski definition) is 0. The second kappa shape index (κ2) is 2.43. The van der Waals surface area contributed by atoms with Gasteiger partial charge in [-0.25, -0.2) is 0 Å². The first-order valence-electron chi connectivity index (χ1n) is 2.91. The predicted octanol–water partition coefficient (Wildman–Crippen LogP) is 0.131. The van der Waals surface area contributed by atoms with Crippen LogP contribution < -0.4 is 0 Å². The highest BCUT2D eigenvalue weighted by molar-refractivity contribution is 5.70. The van der Waals surface area contributed by atoms with Crippen molar-refractivity contribution in [3.05, 3.63) is 12.3 Å². The summed E-state index contributed by atoms with van der Waals surface area (Å²) < 4.78 is 4.71. The van der Waals surface area contributed by atoms with E-state index < -0.39 is 11.5 Å². The minimum Gasteiger partial charge on any atom is -0.471 e. The van der Waals surface area contributed by atoms with Crippen LogP contribution in [-0.2, 0) is 9.53 Å². The van der Waals surface area contributed by atoms with Gasteiger partial charge in [-0.1, -0.05) is 0 Å². The Morgan fingerprint density at radius 2 is 2.36 bits per heavy atom. The normalized spacial score (nSPS) is 33.5. The molecule has 0 aromatic carbocycles. The van der Waals surface area contributed by atoms with Crippen LogP contribution in [0.4, 0.5) is 0 Å². The lowest BCUT2D eigenvalue weighted by atomic mass is 9.93. The highest BCUT2D eigenvalue weighted by atomic mass is 16.5. The molecule has 0 bridgehead atoms. The van der Waals surface area contributed by atoms with Crippen molar-refractivity contribution in [2.24, 2.45) is 5.92 Å². The molecule has 2 unspecified atom stereocenters. The van der Waals surface area contributed by atoms with E-state index in [1.165, 1.54) is 12.3 Å². The molecule has 0 saturated carbocycles. The van der Waals surface area contributed by atoms with Gasteiger partial charge < -0.3 is 4.74 Å². The Kier molecular flexibility index (Phi) is 1.61. The van der Waals surface area contributed by atoms with Crippen molar-refractivity contribution in [2.45, 2.75) is 5.60 Å². The van der Waals surface area contributed by atoms with E-state index >= 15 is 0 Å². The zero-order valence-electron chi connectivity index (χ0n) is 5.52. The molecule has 1 aliphatic heterocycles. The fourth-order valence-electron chi connectivity index (χ4n) is 0.809. The number of nitrogens with zero attached hydrogens (tertiary/aromatic N) is 2. The molecule has 2 atom stereocenters.